The highest BCUT2D eigenvalue weighted by Crippen LogP contribution is 2.29. The van der Waals surface area contributed by atoms with Crippen LogP contribution >= 0.6 is 0 Å². The van der Waals surface area contributed by atoms with E-state index >= 15 is 0 Å². The molecule has 0 unspecified atom stereocenters. The minimum Gasteiger partial charge on any atom is -0.263 e. The van der Waals surface area contributed by atoms with Crippen LogP contribution in [0.4, 0.5) is 0 Å². The minimum atomic E-state index is 1.04. The molecule has 0 radical (unpaired) electrons. The van der Waals surface area contributed by atoms with Crippen LogP contribution in [-0.2, 0) is 0 Å². The van der Waals surface area contributed by atoms with Crippen molar-refractivity contribution in [3.05, 3.63) is 61.1 Å². The van der Waals surface area contributed by atoms with Crippen LogP contribution in [0.15, 0.2) is 61.1 Å². The Balaban J connectivity index is 2.33. The molecule has 0 spiro atoms. The topological polar surface area (TPSA) is 25.8 Å². The fourth-order valence-electron chi connectivity index (χ4n) is 2.50. The van der Waals surface area contributed by atoms with Gasteiger partial charge in [0.15, 0.2) is 0 Å². The third-order valence-electron chi connectivity index (χ3n) is 3.37. The first kappa shape index (κ1) is 9.54. The van der Waals surface area contributed by atoms with Crippen molar-refractivity contribution < 1.29 is 0 Å². The van der Waals surface area contributed by atoms with Gasteiger partial charge in [-0.1, -0.05) is 36.4 Å². The molecule has 2 heterocycles. The molecule has 84 valence electrons. The van der Waals surface area contributed by atoms with Crippen molar-refractivity contribution in [3.63, 3.8) is 0 Å². The van der Waals surface area contributed by atoms with E-state index in [1.54, 1.807) is 0 Å². The van der Waals surface area contributed by atoms with Gasteiger partial charge >= 0.3 is 0 Å². The van der Waals surface area contributed by atoms with Crippen molar-refractivity contribution in [3.8, 4) is 0 Å². The zero-order valence-corrected chi connectivity index (χ0v) is 9.67. The van der Waals surface area contributed by atoms with Crippen LogP contribution in [0.5, 0.6) is 0 Å². The fourth-order valence-corrected chi connectivity index (χ4v) is 2.50. The first-order valence-corrected chi connectivity index (χ1v) is 5.94. The molecule has 0 saturated heterocycles. The molecular formula is C16H10N2. The van der Waals surface area contributed by atoms with Gasteiger partial charge in [0.05, 0.1) is 5.52 Å². The highest BCUT2D eigenvalue weighted by Gasteiger charge is 2.05. The van der Waals surface area contributed by atoms with E-state index in [1.807, 2.05) is 30.7 Å². The van der Waals surface area contributed by atoms with Crippen molar-refractivity contribution in [1.82, 2.24) is 9.97 Å². The highest BCUT2D eigenvalue weighted by molar-refractivity contribution is 6.15. The Morgan fingerprint density at radius 1 is 0.667 bits per heavy atom. The summed E-state index contributed by atoms with van der Waals surface area (Å²) in [7, 11) is 0. The summed E-state index contributed by atoms with van der Waals surface area (Å²) in [5.41, 5.74) is 1.04. The largest absolute Gasteiger partial charge is 0.263 e. The Kier molecular flexibility index (Phi) is 1.86. The molecule has 2 aromatic heterocycles. The molecule has 2 aromatic carbocycles. The molecule has 2 nitrogen and oxygen atoms in total. The Morgan fingerprint density at radius 2 is 1.56 bits per heavy atom. The lowest BCUT2D eigenvalue weighted by Gasteiger charge is -2.02. The monoisotopic (exact) mass is 230 g/mol. The molecule has 0 saturated carbocycles. The van der Waals surface area contributed by atoms with Gasteiger partial charge in [-0.05, 0) is 11.5 Å². The van der Waals surface area contributed by atoms with Crippen molar-refractivity contribution in [2.75, 3.05) is 0 Å². The SMILES string of the molecule is c1ccc2ccc3c4cncc4ccc3c2nc1. The van der Waals surface area contributed by atoms with Crippen LogP contribution in [0.25, 0.3) is 32.4 Å². The fraction of sp³-hybridized carbons (Fsp3) is 0. The zero-order chi connectivity index (χ0) is 11.9. The van der Waals surface area contributed by atoms with Gasteiger partial charge in [-0.2, -0.15) is 0 Å². The Hall–Kier alpha value is -2.48. The molecule has 0 aliphatic carbocycles. The molecular weight excluding hydrogens is 220 g/mol. The quantitative estimate of drug-likeness (QED) is 0.457. The molecule has 0 atom stereocenters. The van der Waals surface area contributed by atoms with Crippen molar-refractivity contribution >= 4 is 32.4 Å². The van der Waals surface area contributed by atoms with Crippen LogP contribution in [0.3, 0.4) is 0 Å². The number of benzene rings is 2. The molecule has 18 heavy (non-hydrogen) atoms. The third-order valence-corrected chi connectivity index (χ3v) is 3.37. The molecule has 0 fully saturated rings. The molecule has 2 heteroatoms. The first-order valence-electron chi connectivity index (χ1n) is 5.94. The average molecular weight is 230 g/mol. The summed E-state index contributed by atoms with van der Waals surface area (Å²) in [6.45, 7) is 0. The van der Waals surface area contributed by atoms with E-state index < -0.39 is 0 Å². The van der Waals surface area contributed by atoms with E-state index in [0.717, 1.165) is 10.9 Å². The van der Waals surface area contributed by atoms with Gasteiger partial charge in [-0.3, -0.25) is 9.97 Å². The number of hydrogen-bond acceptors (Lipinski definition) is 2. The summed E-state index contributed by atoms with van der Waals surface area (Å²) < 4.78 is 0. The second-order valence-corrected chi connectivity index (χ2v) is 4.40. The van der Waals surface area contributed by atoms with Gasteiger partial charge in [0.1, 0.15) is 0 Å². The first-order chi connectivity index (χ1) is 8.93. The molecule has 0 aliphatic rings. The number of fused-ring (bicyclic) bond motifs is 5. The Bertz CT molecular complexity index is 876. The van der Waals surface area contributed by atoms with Gasteiger partial charge in [0, 0.05) is 40.1 Å². The number of hydrogen-bond donors (Lipinski definition) is 0. The Morgan fingerprint density at radius 3 is 2.56 bits per heavy atom. The molecule has 0 bridgehead atoms. The highest BCUT2D eigenvalue weighted by atomic mass is 14.6. The van der Waals surface area contributed by atoms with Gasteiger partial charge in [-0.25, -0.2) is 0 Å². The average Bonchev–Trinajstić information content (AvgIpc) is 2.75. The van der Waals surface area contributed by atoms with E-state index in [9.17, 15) is 0 Å². The maximum absolute atomic E-state index is 4.54. The minimum absolute atomic E-state index is 1.04. The summed E-state index contributed by atoms with van der Waals surface area (Å²) >= 11 is 0. The molecule has 4 rings (SSSR count). The second-order valence-electron chi connectivity index (χ2n) is 4.40. The van der Waals surface area contributed by atoms with E-state index in [4.69, 9.17) is 0 Å². The van der Waals surface area contributed by atoms with E-state index in [-0.39, 0.29) is 0 Å². The zero-order valence-electron chi connectivity index (χ0n) is 9.67. The van der Waals surface area contributed by atoms with E-state index in [1.165, 1.54) is 21.5 Å². The number of rotatable bonds is 0. The smallest absolute Gasteiger partial charge is 0.0780 e. The van der Waals surface area contributed by atoms with Crippen molar-refractivity contribution in [2.45, 2.75) is 0 Å². The summed E-state index contributed by atoms with van der Waals surface area (Å²) in [6, 6.07) is 14.6. The van der Waals surface area contributed by atoms with Crippen LogP contribution in [-0.4, -0.2) is 9.97 Å². The van der Waals surface area contributed by atoms with Gasteiger partial charge in [-0.15, -0.1) is 0 Å². The summed E-state index contributed by atoms with van der Waals surface area (Å²) in [5.74, 6) is 0. The number of aromatic nitrogens is 2. The van der Waals surface area contributed by atoms with Gasteiger partial charge in [0.25, 0.3) is 0 Å². The van der Waals surface area contributed by atoms with Gasteiger partial charge < -0.3 is 0 Å². The van der Waals surface area contributed by atoms with E-state index in [0.29, 0.717) is 0 Å². The lowest BCUT2D eigenvalue weighted by atomic mass is 10.0. The molecule has 0 amide bonds. The molecule has 0 aliphatic heterocycles. The van der Waals surface area contributed by atoms with Crippen molar-refractivity contribution in [1.29, 1.82) is 0 Å². The lowest BCUT2D eigenvalue weighted by Crippen LogP contribution is -1.78. The molecule has 4 aromatic rings. The normalized spacial score (nSPS) is 11.3. The predicted molar refractivity (Wildman–Crippen MR) is 74.6 cm³/mol. The summed E-state index contributed by atoms with van der Waals surface area (Å²) in [5, 5.41) is 5.94. The predicted octanol–water partition coefficient (Wildman–Crippen LogP) is 3.94. The standard InChI is InChI=1S/C16H10N2/c1-2-8-18-16-11(3-1)4-6-13-14(16)7-5-12-9-17-10-15(12)13/h1-10H. The molecule has 0 N–H and O–H groups in total. The Labute approximate surface area is 104 Å². The van der Waals surface area contributed by atoms with Crippen LogP contribution in [0, 0.1) is 0 Å². The van der Waals surface area contributed by atoms with E-state index in [2.05, 4.69) is 40.3 Å². The van der Waals surface area contributed by atoms with Crippen LogP contribution in [0.2, 0.25) is 0 Å². The third kappa shape index (κ3) is 1.23. The van der Waals surface area contributed by atoms with Gasteiger partial charge in [0.2, 0.25) is 0 Å². The maximum atomic E-state index is 4.54. The summed E-state index contributed by atoms with van der Waals surface area (Å²) in [4.78, 5) is 8.77. The number of nitrogens with zero attached hydrogens (tertiary/aromatic N) is 2. The maximum Gasteiger partial charge on any atom is 0.0780 e. The summed E-state index contributed by atoms with van der Waals surface area (Å²) in [6.07, 6.45) is 5.67. The van der Waals surface area contributed by atoms with Crippen LogP contribution < -0.4 is 0 Å². The van der Waals surface area contributed by atoms with Crippen LogP contribution in [0.1, 0.15) is 0 Å². The van der Waals surface area contributed by atoms with Crippen molar-refractivity contribution in [2.24, 2.45) is 0 Å². The second kappa shape index (κ2) is 3.50. The lowest BCUT2D eigenvalue weighted by molar-refractivity contribution is 1.43.